The molecule has 0 unspecified atom stereocenters. The summed E-state index contributed by atoms with van der Waals surface area (Å²) in [5.41, 5.74) is 0.583. The maximum Gasteiger partial charge on any atom is 0.303 e. The minimum Gasteiger partial charge on any atom is -0.494 e. The molecule has 1 amide bonds. The summed E-state index contributed by atoms with van der Waals surface area (Å²) >= 11 is 0. The molecule has 1 aromatic carbocycles. The first-order chi connectivity index (χ1) is 17.8. The Balaban J connectivity index is 1.86. The number of amides is 1. The summed E-state index contributed by atoms with van der Waals surface area (Å²) < 4.78 is 53.7. The Morgan fingerprint density at radius 3 is 2.32 bits per heavy atom. The van der Waals surface area contributed by atoms with Crippen molar-refractivity contribution in [3.8, 4) is 28.7 Å². The molecule has 3 heterocycles. The van der Waals surface area contributed by atoms with Crippen LogP contribution in [0.1, 0.15) is 29.1 Å². The van der Waals surface area contributed by atoms with E-state index >= 15 is 0 Å². The number of aromatic nitrogens is 6. The second-order valence-electron chi connectivity index (χ2n) is 7.53. The van der Waals surface area contributed by atoms with Crippen molar-refractivity contribution in [3.63, 3.8) is 0 Å². The number of carbonyl (C=O) groups is 1. The zero-order chi connectivity index (χ0) is 26.6. The van der Waals surface area contributed by atoms with Gasteiger partial charge in [0.1, 0.15) is 40.3 Å². The maximum atomic E-state index is 14.2. The lowest BCUT2D eigenvalue weighted by molar-refractivity contribution is 0.0969. The molecule has 4 rings (SSSR count). The Bertz CT molecular complexity index is 1520. The van der Waals surface area contributed by atoms with Crippen molar-refractivity contribution >= 4 is 15.9 Å². The van der Waals surface area contributed by atoms with Gasteiger partial charge in [0.2, 0.25) is 15.8 Å². The number of aryl methyl sites for hydroxylation is 1. The minimum atomic E-state index is -4.22. The summed E-state index contributed by atoms with van der Waals surface area (Å²) in [6.45, 7) is 1.74. The lowest BCUT2D eigenvalue weighted by Crippen LogP contribution is -2.34. The van der Waals surface area contributed by atoms with Crippen LogP contribution in [0.4, 0.5) is 4.39 Å². The highest BCUT2D eigenvalue weighted by atomic mass is 32.2. The molecule has 0 spiro atoms. The average Bonchev–Trinajstić information content (AvgIpc) is 3.33. The second-order valence-corrected chi connectivity index (χ2v) is 9.25. The number of nitrogens with one attached hydrogen (secondary N) is 1. The molecule has 0 aliphatic heterocycles. The van der Waals surface area contributed by atoms with Gasteiger partial charge in [-0.2, -0.15) is 0 Å². The predicted octanol–water partition coefficient (Wildman–Crippen LogP) is 2.10. The van der Waals surface area contributed by atoms with Crippen LogP contribution in [0.25, 0.3) is 17.2 Å². The van der Waals surface area contributed by atoms with Gasteiger partial charge in [-0.15, -0.1) is 10.2 Å². The van der Waals surface area contributed by atoms with E-state index in [1.807, 2.05) is 4.72 Å². The number of hydrogen-bond donors (Lipinski definition) is 1. The van der Waals surface area contributed by atoms with E-state index in [9.17, 15) is 17.6 Å². The van der Waals surface area contributed by atoms with Crippen molar-refractivity contribution in [2.45, 2.75) is 19.1 Å². The van der Waals surface area contributed by atoms with Gasteiger partial charge in [0.05, 0.1) is 19.9 Å². The molecule has 3 aromatic heterocycles. The molecule has 14 heteroatoms. The third-order valence-corrected chi connectivity index (χ3v) is 6.30. The fraction of sp³-hybridized carbons (Fsp3) is 0.217. The second kappa shape index (κ2) is 10.7. The highest BCUT2D eigenvalue weighted by Crippen LogP contribution is 2.36. The van der Waals surface area contributed by atoms with Crippen LogP contribution < -0.4 is 14.2 Å². The number of sulfonamides is 1. The number of nitrogens with zero attached hydrogens (tertiary/aromatic N) is 6. The third-order valence-electron chi connectivity index (χ3n) is 5.16. The minimum absolute atomic E-state index is 0.000962. The molecular weight excluding hydrogens is 505 g/mol. The van der Waals surface area contributed by atoms with Crippen molar-refractivity contribution in [1.29, 1.82) is 0 Å². The number of benzene rings is 1. The van der Waals surface area contributed by atoms with E-state index in [1.165, 1.54) is 49.4 Å². The number of methoxy groups -OCH3 is 2. The first-order valence-electron chi connectivity index (χ1n) is 10.9. The lowest BCUT2D eigenvalue weighted by Gasteiger charge is -2.17. The van der Waals surface area contributed by atoms with Crippen molar-refractivity contribution < 1.29 is 27.1 Å². The van der Waals surface area contributed by atoms with E-state index in [4.69, 9.17) is 9.47 Å². The number of halogens is 1. The van der Waals surface area contributed by atoms with Gasteiger partial charge in [0.15, 0.2) is 5.82 Å². The number of para-hydroxylation sites is 1. The molecule has 0 atom stereocenters. The van der Waals surface area contributed by atoms with Gasteiger partial charge < -0.3 is 9.47 Å². The molecule has 0 saturated carbocycles. The summed E-state index contributed by atoms with van der Waals surface area (Å²) in [7, 11) is -1.39. The monoisotopic (exact) mass is 527 g/mol. The van der Waals surface area contributed by atoms with E-state index < -0.39 is 33.3 Å². The van der Waals surface area contributed by atoms with Crippen LogP contribution in [0.15, 0.2) is 48.8 Å². The molecule has 0 aliphatic carbocycles. The van der Waals surface area contributed by atoms with E-state index in [-0.39, 0.29) is 40.2 Å². The van der Waals surface area contributed by atoms with Crippen LogP contribution in [-0.4, -0.2) is 58.3 Å². The summed E-state index contributed by atoms with van der Waals surface area (Å²) in [6.07, 6.45) is 3.08. The number of pyridine rings is 1. The summed E-state index contributed by atoms with van der Waals surface area (Å²) in [5.74, 6) is -2.05. The van der Waals surface area contributed by atoms with E-state index in [2.05, 4.69) is 25.1 Å². The quantitative estimate of drug-likeness (QED) is 0.343. The Morgan fingerprint density at radius 1 is 1.03 bits per heavy atom. The SMILES string of the molecule is CCc1nc(-c2nnc(C(=O)NS(=O)(=O)Cc3ncccn3)n2-c2c(OC)cccc2OC)ccc1F. The van der Waals surface area contributed by atoms with Gasteiger partial charge in [-0.3, -0.25) is 9.36 Å². The molecule has 4 aromatic rings. The molecule has 0 fully saturated rings. The number of ether oxygens (including phenoxy) is 2. The van der Waals surface area contributed by atoms with E-state index in [1.54, 1.807) is 25.1 Å². The van der Waals surface area contributed by atoms with Crippen LogP contribution in [0.3, 0.4) is 0 Å². The van der Waals surface area contributed by atoms with Gasteiger partial charge in [0.25, 0.3) is 0 Å². The molecule has 192 valence electrons. The van der Waals surface area contributed by atoms with Crippen molar-refractivity contribution in [2.24, 2.45) is 0 Å². The number of rotatable bonds is 9. The van der Waals surface area contributed by atoms with Gasteiger partial charge in [-0.25, -0.2) is 32.5 Å². The molecule has 1 N–H and O–H groups in total. The zero-order valence-electron chi connectivity index (χ0n) is 20.0. The van der Waals surface area contributed by atoms with Gasteiger partial charge in [-0.05, 0) is 36.8 Å². The van der Waals surface area contributed by atoms with Gasteiger partial charge in [0, 0.05) is 12.4 Å². The topological polar surface area (TPSA) is 151 Å². The molecule has 0 bridgehead atoms. The highest BCUT2D eigenvalue weighted by molar-refractivity contribution is 7.89. The molecule has 0 saturated heterocycles. The molecule has 0 aliphatic rings. The van der Waals surface area contributed by atoms with Gasteiger partial charge in [-0.1, -0.05) is 13.0 Å². The average molecular weight is 528 g/mol. The Hall–Kier alpha value is -4.46. The standard InChI is InChI=1S/C23H22FN7O5S/c1-4-15-14(24)9-10-16(27-15)21-28-29-22(31(21)20-17(35-2)7-5-8-18(20)36-3)23(32)30-37(33,34)13-19-25-11-6-12-26-19/h5-12H,4,13H2,1-3H3,(H,30,32). The highest BCUT2D eigenvalue weighted by Gasteiger charge is 2.29. The molecular formula is C23H22FN7O5S. The fourth-order valence-electron chi connectivity index (χ4n) is 3.52. The van der Waals surface area contributed by atoms with Crippen LogP contribution in [0.5, 0.6) is 11.5 Å². The summed E-state index contributed by atoms with van der Waals surface area (Å²) in [4.78, 5) is 25.3. The van der Waals surface area contributed by atoms with Crippen LogP contribution >= 0.6 is 0 Å². The first kappa shape index (κ1) is 25.6. The van der Waals surface area contributed by atoms with Crippen LogP contribution in [0, 0.1) is 5.82 Å². The third kappa shape index (κ3) is 5.38. The Kier molecular flexibility index (Phi) is 7.38. The fourth-order valence-corrected chi connectivity index (χ4v) is 4.45. The zero-order valence-corrected chi connectivity index (χ0v) is 20.9. The normalized spacial score (nSPS) is 11.2. The van der Waals surface area contributed by atoms with Gasteiger partial charge >= 0.3 is 5.91 Å². The maximum absolute atomic E-state index is 14.2. The smallest absolute Gasteiger partial charge is 0.303 e. The van der Waals surface area contributed by atoms with Crippen molar-refractivity contribution in [2.75, 3.05) is 14.2 Å². The summed E-state index contributed by atoms with van der Waals surface area (Å²) in [5, 5.41) is 8.04. The largest absolute Gasteiger partial charge is 0.494 e. The Labute approximate surface area is 211 Å². The van der Waals surface area contributed by atoms with E-state index in [0.717, 1.165) is 0 Å². The van der Waals surface area contributed by atoms with E-state index in [0.29, 0.717) is 6.42 Å². The summed E-state index contributed by atoms with van der Waals surface area (Å²) in [6, 6.07) is 9.03. The molecule has 0 radical (unpaired) electrons. The van der Waals surface area contributed by atoms with Crippen molar-refractivity contribution in [3.05, 3.63) is 72.0 Å². The number of carbonyl (C=O) groups excluding carboxylic acids is 1. The van der Waals surface area contributed by atoms with Crippen LogP contribution in [0.2, 0.25) is 0 Å². The van der Waals surface area contributed by atoms with Crippen molar-refractivity contribution in [1.82, 2.24) is 34.4 Å². The van der Waals surface area contributed by atoms with Crippen LogP contribution in [-0.2, 0) is 22.2 Å². The molecule has 12 nitrogen and oxygen atoms in total. The first-order valence-corrected chi connectivity index (χ1v) is 12.6. The molecule has 37 heavy (non-hydrogen) atoms. The lowest BCUT2D eigenvalue weighted by atomic mass is 10.2. The number of hydrogen-bond acceptors (Lipinski definition) is 10. The predicted molar refractivity (Wildman–Crippen MR) is 129 cm³/mol. The Morgan fingerprint density at radius 2 is 1.70 bits per heavy atom.